The summed E-state index contributed by atoms with van der Waals surface area (Å²) in [6.07, 6.45) is -3.31. The number of rotatable bonds is 3. The van der Waals surface area contributed by atoms with Gasteiger partial charge in [-0.1, -0.05) is 30.3 Å². The first-order chi connectivity index (χ1) is 13.0. The van der Waals surface area contributed by atoms with E-state index in [0.717, 1.165) is 28.7 Å². The van der Waals surface area contributed by atoms with Crippen LogP contribution in [0.5, 0.6) is 0 Å². The van der Waals surface area contributed by atoms with E-state index >= 15 is 0 Å². The predicted octanol–water partition coefficient (Wildman–Crippen LogP) is 3.95. The van der Waals surface area contributed by atoms with Crippen molar-refractivity contribution < 1.29 is 13.2 Å². The smallest absolute Gasteiger partial charge is 0.345 e. The molecular weight excluding hydrogens is 375 g/mol. The first kappa shape index (κ1) is 17.7. The van der Waals surface area contributed by atoms with Gasteiger partial charge in [-0.25, -0.2) is 15.0 Å². The van der Waals surface area contributed by atoms with Gasteiger partial charge in [-0.15, -0.1) is 11.3 Å². The Kier molecular flexibility index (Phi) is 4.69. The van der Waals surface area contributed by atoms with Crippen LogP contribution < -0.4 is 9.80 Å². The van der Waals surface area contributed by atoms with E-state index in [2.05, 4.69) is 14.9 Å². The number of hydrogen-bond acceptors (Lipinski definition) is 6. The minimum absolute atomic E-state index is 0.119. The Morgan fingerprint density at radius 1 is 0.889 bits per heavy atom. The standard InChI is InChI=1S/C18H16F3N5S/c19-18(20,21)15-6-7-22-16(24-15)25-8-10-26(11-9-25)17-23-14(12-27-17)13-4-2-1-3-5-13/h1-7,12H,8-11H2. The van der Waals surface area contributed by atoms with Crippen molar-refractivity contribution >= 4 is 22.4 Å². The number of anilines is 2. The van der Waals surface area contributed by atoms with Crippen LogP contribution in [0.4, 0.5) is 24.3 Å². The lowest BCUT2D eigenvalue weighted by atomic mass is 10.2. The maximum atomic E-state index is 12.8. The third-order valence-corrected chi connectivity index (χ3v) is 5.23. The van der Waals surface area contributed by atoms with Gasteiger partial charge in [-0.3, -0.25) is 0 Å². The third-order valence-electron chi connectivity index (χ3n) is 4.33. The summed E-state index contributed by atoms with van der Waals surface area (Å²) in [5.41, 5.74) is 1.08. The number of nitrogens with zero attached hydrogens (tertiary/aromatic N) is 5. The molecule has 0 aliphatic carbocycles. The predicted molar refractivity (Wildman–Crippen MR) is 99.0 cm³/mol. The number of piperazine rings is 1. The van der Waals surface area contributed by atoms with Gasteiger partial charge in [0.2, 0.25) is 5.95 Å². The van der Waals surface area contributed by atoms with Crippen LogP contribution in [0.25, 0.3) is 11.3 Å². The molecule has 1 fully saturated rings. The number of hydrogen-bond donors (Lipinski definition) is 0. The molecule has 0 radical (unpaired) electrons. The summed E-state index contributed by atoms with van der Waals surface area (Å²) in [7, 11) is 0. The van der Waals surface area contributed by atoms with Gasteiger partial charge in [0.1, 0.15) is 5.69 Å². The lowest BCUT2D eigenvalue weighted by Gasteiger charge is -2.34. The number of alkyl halides is 3. The highest BCUT2D eigenvalue weighted by atomic mass is 32.1. The van der Waals surface area contributed by atoms with Crippen LogP contribution in [0, 0.1) is 0 Å². The Labute approximate surface area is 158 Å². The van der Waals surface area contributed by atoms with Crippen LogP contribution in [0.15, 0.2) is 48.0 Å². The Morgan fingerprint density at radius 2 is 1.59 bits per heavy atom. The lowest BCUT2D eigenvalue weighted by Crippen LogP contribution is -2.47. The van der Waals surface area contributed by atoms with E-state index in [0.29, 0.717) is 26.2 Å². The van der Waals surface area contributed by atoms with Crippen LogP contribution in [-0.4, -0.2) is 41.1 Å². The van der Waals surface area contributed by atoms with Gasteiger partial charge in [0.05, 0.1) is 5.69 Å². The molecule has 5 nitrogen and oxygen atoms in total. The molecule has 0 N–H and O–H groups in total. The molecule has 9 heteroatoms. The van der Waals surface area contributed by atoms with Crippen LogP contribution in [0.3, 0.4) is 0 Å². The van der Waals surface area contributed by atoms with Crippen LogP contribution >= 0.6 is 11.3 Å². The van der Waals surface area contributed by atoms with Gasteiger partial charge in [0, 0.05) is 43.3 Å². The summed E-state index contributed by atoms with van der Waals surface area (Å²) in [6, 6.07) is 10.8. The van der Waals surface area contributed by atoms with Crippen molar-refractivity contribution in [1.82, 2.24) is 15.0 Å². The fourth-order valence-electron chi connectivity index (χ4n) is 2.91. The van der Waals surface area contributed by atoms with Crippen molar-refractivity contribution in [3.63, 3.8) is 0 Å². The molecule has 0 bridgehead atoms. The summed E-state index contributed by atoms with van der Waals surface area (Å²) >= 11 is 1.57. The van der Waals surface area contributed by atoms with Crippen LogP contribution in [0.2, 0.25) is 0 Å². The first-order valence-electron chi connectivity index (χ1n) is 8.42. The van der Waals surface area contributed by atoms with Crippen LogP contribution in [-0.2, 0) is 6.18 Å². The highest BCUT2D eigenvalue weighted by Gasteiger charge is 2.33. The molecule has 0 amide bonds. The molecule has 1 aromatic carbocycles. The van der Waals surface area contributed by atoms with E-state index < -0.39 is 11.9 Å². The highest BCUT2D eigenvalue weighted by Crippen LogP contribution is 2.30. The maximum absolute atomic E-state index is 12.8. The Hall–Kier alpha value is -2.68. The van der Waals surface area contributed by atoms with Gasteiger partial charge in [-0.2, -0.15) is 13.2 Å². The molecule has 0 spiro atoms. The van der Waals surface area contributed by atoms with Crippen LogP contribution in [0.1, 0.15) is 5.69 Å². The largest absolute Gasteiger partial charge is 0.433 e. The Bertz CT molecular complexity index is 905. The van der Waals surface area contributed by atoms with E-state index in [9.17, 15) is 13.2 Å². The van der Waals surface area contributed by atoms with Crippen molar-refractivity contribution in [2.24, 2.45) is 0 Å². The summed E-state index contributed by atoms with van der Waals surface area (Å²) in [5.74, 6) is 0.119. The van der Waals surface area contributed by atoms with Crippen molar-refractivity contribution in [2.75, 3.05) is 36.0 Å². The van der Waals surface area contributed by atoms with Crippen molar-refractivity contribution in [2.45, 2.75) is 6.18 Å². The molecule has 4 rings (SSSR count). The monoisotopic (exact) mass is 391 g/mol. The minimum Gasteiger partial charge on any atom is -0.345 e. The third kappa shape index (κ3) is 3.87. The molecule has 140 valence electrons. The molecule has 1 aliphatic heterocycles. The average molecular weight is 391 g/mol. The van der Waals surface area contributed by atoms with Gasteiger partial charge >= 0.3 is 6.18 Å². The second-order valence-corrected chi connectivity index (χ2v) is 6.93. The summed E-state index contributed by atoms with van der Waals surface area (Å²) in [6.45, 7) is 2.39. The van der Waals surface area contributed by atoms with E-state index in [1.807, 2.05) is 35.7 Å². The van der Waals surface area contributed by atoms with Crippen molar-refractivity contribution in [1.29, 1.82) is 0 Å². The molecule has 1 aliphatic rings. The van der Waals surface area contributed by atoms with Gasteiger partial charge in [0.15, 0.2) is 5.13 Å². The molecular formula is C18H16F3N5S. The molecule has 0 atom stereocenters. The average Bonchev–Trinajstić information content (AvgIpc) is 3.19. The second-order valence-electron chi connectivity index (χ2n) is 6.10. The van der Waals surface area contributed by atoms with Gasteiger partial charge < -0.3 is 9.80 Å². The van der Waals surface area contributed by atoms with E-state index in [-0.39, 0.29) is 5.95 Å². The van der Waals surface area contributed by atoms with Gasteiger partial charge in [0.25, 0.3) is 0 Å². The molecule has 0 saturated carbocycles. The number of aromatic nitrogens is 3. The zero-order valence-electron chi connectivity index (χ0n) is 14.2. The van der Waals surface area contributed by atoms with E-state index in [1.54, 1.807) is 16.2 Å². The fourth-order valence-corrected chi connectivity index (χ4v) is 3.80. The van der Waals surface area contributed by atoms with Crippen molar-refractivity contribution in [3.8, 4) is 11.3 Å². The zero-order valence-corrected chi connectivity index (χ0v) is 15.0. The minimum atomic E-state index is -4.46. The van der Waals surface area contributed by atoms with Crippen molar-refractivity contribution in [3.05, 3.63) is 53.7 Å². The number of halogens is 3. The first-order valence-corrected chi connectivity index (χ1v) is 9.30. The molecule has 3 aromatic rings. The van der Waals surface area contributed by atoms with Gasteiger partial charge in [-0.05, 0) is 6.07 Å². The topological polar surface area (TPSA) is 45.2 Å². The highest BCUT2D eigenvalue weighted by molar-refractivity contribution is 7.14. The Balaban J connectivity index is 1.43. The molecule has 1 saturated heterocycles. The number of benzene rings is 1. The normalized spacial score (nSPS) is 15.2. The molecule has 2 aromatic heterocycles. The second kappa shape index (κ2) is 7.15. The molecule has 3 heterocycles. The summed E-state index contributed by atoms with van der Waals surface area (Å²) in [4.78, 5) is 16.3. The quantitative estimate of drug-likeness (QED) is 0.677. The Morgan fingerprint density at radius 3 is 2.30 bits per heavy atom. The van der Waals surface area contributed by atoms with E-state index in [1.165, 1.54) is 0 Å². The maximum Gasteiger partial charge on any atom is 0.433 e. The SMILES string of the molecule is FC(F)(F)c1ccnc(N2CCN(c3nc(-c4ccccc4)cs3)CC2)n1. The fraction of sp³-hybridized carbons (Fsp3) is 0.278. The number of thiazole rings is 1. The molecule has 27 heavy (non-hydrogen) atoms. The summed E-state index contributed by atoms with van der Waals surface area (Å²) in [5, 5.41) is 2.94. The van der Waals surface area contributed by atoms with E-state index in [4.69, 9.17) is 4.98 Å². The lowest BCUT2D eigenvalue weighted by molar-refractivity contribution is -0.141. The molecule has 0 unspecified atom stereocenters. The summed E-state index contributed by atoms with van der Waals surface area (Å²) < 4.78 is 38.5. The zero-order chi connectivity index (χ0) is 18.9.